The second-order valence-corrected chi connectivity index (χ2v) is 44.9. The maximum atomic E-state index is 2.63. The normalized spacial score (nSPS) is 19.5. The average molecular weight is 348 g/mol. The molecular weight excluding hydrogens is 317 g/mol. The first-order valence-electron chi connectivity index (χ1n) is 6.34. The van der Waals surface area contributed by atoms with E-state index in [9.17, 15) is 0 Å². The molecule has 110 valence electrons. The molecule has 0 aromatic carbocycles. The first-order valence-corrected chi connectivity index (χ1v) is 18.7. The van der Waals surface area contributed by atoms with Crippen LogP contribution in [-0.2, 0) is 13.3 Å². The standard InChI is InChI=1S/C5H5.C4H12NSi.4CH3.2ClH.Ti/c1-2-4-5-3-1;1-5(2)6(3)4;;;;;;;/h1-3H,4H2;1-4H3;4*1H3;2*1H;. The average Bonchev–Trinajstić information content (AvgIpc) is 2.53. The van der Waals surface area contributed by atoms with Crippen LogP contribution in [0.1, 0.15) is 6.42 Å². The summed E-state index contributed by atoms with van der Waals surface area (Å²) in [7, 11) is 4.55. The monoisotopic (exact) mass is 347 g/mol. The zero-order valence-electron chi connectivity index (χ0n) is 13.2. The fourth-order valence-electron chi connectivity index (χ4n) is 2.68. The Morgan fingerprint density at radius 3 is 1.78 bits per heavy atom. The van der Waals surface area contributed by atoms with Crippen molar-refractivity contribution < 1.29 is 13.3 Å². The molecule has 1 aliphatic rings. The molecule has 0 fully saturated rings. The number of rotatable bonds is 3. The van der Waals surface area contributed by atoms with E-state index in [0.29, 0.717) is 0 Å². The minimum absolute atomic E-state index is 0. The molecule has 0 aliphatic heterocycles. The van der Waals surface area contributed by atoms with Crippen LogP contribution in [0.4, 0.5) is 0 Å². The van der Waals surface area contributed by atoms with E-state index in [-0.39, 0.29) is 24.8 Å². The third kappa shape index (κ3) is 2.84. The van der Waals surface area contributed by atoms with Gasteiger partial charge in [0.1, 0.15) is 0 Å². The van der Waals surface area contributed by atoms with Crippen LogP contribution in [0.3, 0.4) is 0 Å². The summed E-state index contributed by atoms with van der Waals surface area (Å²) in [6.07, 6.45) is 6.75. The second-order valence-electron chi connectivity index (χ2n) is 8.90. The molecule has 0 unspecified atom stereocenters. The maximum absolute atomic E-state index is 3.04. The van der Waals surface area contributed by atoms with Crippen molar-refractivity contribution in [3.05, 3.63) is 22.1 Å². The number of allylic oxidation sites excluding steroid dienone is 4. The van der Waals surface area contributed by atoms with E-state index in [1.807, 2.05) is 0 Å². The number of hydrogen-bond acceptors (Lipinski definition) is 1. The van der Waals surface area contributed by atoms with E-state index < -0.39 is 19.4 Å². The molecule has 0 aromatic rings. The SMILES string of the molecule is CN(C)[Si](C)(C)[Ti]([CH3])([CH3])([CH3])([CH3])[C]1=CC=CC1.Cl.Cl. The Kier molecular flexibility index (Phi) is 5.97. The zero-order chi connectivity index (χ0) is 12.9. The molecule has 0 bridgehead atoms. The van der Waals surface area contributed by atoms with Gasteiger partial charge in [-0.05, 0) is 0 Å². The molecule has 0 saturated heterocycles. The number of hydrogen-bond donors (Lipinski definition) is 0. The molecular formula is C13H31Cl2NSiTi. The van der Waals surface area contributed by atoms with E-state index in [0.717, 1.165) is 0 Å². The van der Waals surface area contributed by atoms with Crippen molar-refractivity contribution in [3.63, 3.8) is 0 Å². The van der Waals surface area contributed by atoms with E-state index in [4.69, 9.17) is 0 Å². The van der Waals surface area contributed by atoms with E-state index in [1.165, 1.54) is 6.42 Å². The first kappa shape index (κ1) is 21.3. The topological polar surface area (TPSA) is 3.24 Å². The zero-order valence-corrected chi connectivity index (χ0v) is 17.4. The third-order valence-electron chi connectivity index (χ3n) is 6.09. The Hall–Kier alpha value is 0.951. The predicted molar refractivity (Wildman–Crippen MR) is 91.0 cm³/mol. The quantitative estimate of drug-likeness (QED) is 0.621. The minimum Gasteiger partial charge on any atom is -0.147 e. The fourth-order valence-corrected chi connectivity index (χ4v) is 22.3. The maximum Gasteiger partial charge on any atom is -0.147 e. The van der Waals surface area contributed by atoms with E-state index in [2.05, 4.69) is 70.9 Å². The summed E-state index contributed by atoms with van der Waals surface area (Å²) in [5.41, 5.74) is 0. The molecule has 0 spiro atoms. The van der Waals surface area contributed by atoms with Gasteiger partial charge in [0, 0.05) is 0 Å². The Morgan fingerprint density at radius 1 is 1.06 bits per heavy atom. The smallest absolute Gasteiger partial charge is 0.147 e. The molecule has 1 aliphatic carbocycles. The molecule has 1 rings (SSSR count). The van der Waals surface area contributed by atoms with Gasteiger partial charge >= 0.3 is 101 Å². The molecule has 0 radical (unpaired) electrons. The van der Waals surface area contributed by atoms with Crippen molar-refractivity contribution in [1.82, 2.24) is 4.57 Å². The van der Waals surface area contributed by atoms with Crippen LogP contribution < -0.4 is 0 Å². The van der Waals surface area contributed by atoms with Gasteiger partial charge in [-0.3, -0.25) is 0 Å². The molecule has 0 aromatic heterocycles. The fraction of sp³-hybridized carbons (Fsp3) is 0.692. The summed E-state index contributed by atoms with van der Waals surface area (Å²) in [6.45, 7) is 5.10. The Morgan fingerprint density at radius 2 is 1.50 bits per heavy atom. The molecule has 1 nitrogen and oxygen atoms in total. The van der Waals surface area contributed by atoms with Crippen LogP contribution in [0.15, 0.2) is 22.1 Å². The van der Waals surface area contributed by atoms with E-state index >= 15 is 0 Å². The van der Waals surface area contributed by atoms with Gasteiger partial charge in [0.25, 0.3) is 0 Å². The van der Waals surface area contributed by atoms with E-state index in [1.54, 1.807) is 3.88 Å². The van der Waals surface area contributed by atoms with Crippen molar-refractivity contribution in [1.29, 1.82) is 0 Å². The van der Waals surface area contributed by atoms with Gasteiger partial charge in [0.15, 0.2) is 0 Å². The van der Waals surface area contributed by atoms with Crippen LogP contribution in [0.25, 0.3) is 0 Å². The molecule has 0 saturated carbocycles. The Labute approximate surface area is 125 Å². The summed E-state index contributed by atoms with van der Waals surface area (Å²) < 4.78 is 4.31. The van der Waals surface area contributed by atoms with Crippen LogP contribution >= 0.6 is 24.8 Å². The number of nitrogens with zero attached hydrogens (tertiary/aromatic N) is 1. The van der Waals surface area contributed by atoms with Crippen molar-refractivity contribution in [3.8, 4) is 0 Å². The van der Waals surface area contributed by atoms with Gasteiger partial charge in [-0.1, -0.05) is 0 Å². The largest absolute Gasteiger partial charge is 0.147 e. The number of halogens is 2. The van der Waals surface area contributed by atoms with Gasteiger partial charge in [0.05, 0.1) is 0 Å². The Balaban J connectivity index is 0. The van der Waals surface area contributed by atoms with Gasteiger partial charge in [-0.15, -0.1) is 24.8 Å². The molecule has 0 atom stereocenters. The van der Waals surface area contributed by atoms with Crippen LogP contribution in [0.2, 0.25) is 34.0 Å². The Bertz CT molecular complexity index is 376. The minimum atomic E-state index is -3.04. The van der Waals surface area contributed by atoms with Crippen molar-refractivity contribution >= 4 is 30.9 Å². The summed E-state index contributed by atoms with van der Waals surface area (Å²) in [5, 5.41) is 10.5. The van der Waals surface area contributed by atoms with Crippen LogP contribution in [-0.4, -0.2) is 24.8 Å². The van der Waals surface area contributed by atoms with Crippen LogP contribution in [0.5, 0.6) is 0 Å². The van der Waals surface area contributed by atoms with Gasteiger partial charge in [-0.25, -0.2) is 0 Å². The second kappa shape index (κ2) is 5.05. The van der Waals surface area contributed by atoms with Gasteiger partial charge in [-0.2, -0.15) is 0 Å². The molecule has 18 heavy (non-hydrogen) atoms. The van der Waals surface area contributed by atoms with Gasteiger partial charge < -0.3 is 0 Å². The summed E-state index contributed by atoms with van der Waals surface area (Å²) in [4.78, 5) is 0. The van der Waals surface area contributed by atoms with Gasteiger partial charge in [0.2, 0.25) is 0 Å². The molecule has 5 heteroatoms. The summed E-state index contributed by atoms with van der Waals surface area (Å²) in [6, 6.07) is 0. The van der Waals surface area contributed by atoms with Crippen LogP contribution in [0, 0.1) is 0 Å². The van der Waals surface area contributed by atoms with Crippen molar-refractivity contribution in [2.24, 2.45) is 0 Å². The van der Waals surface area contributed by atoms with Crippen molar-refractivity contribution in [2.75, 3.05) is 14.1 Å². The molecule has 0 N–H and O–H groups in total. The van der Waals surface area contributed by atoms with Crippen molar-refractivity contribution in [2.45, 2.75) is 40.4 Å². The third-order valence-corrected chi connectivity index (χ3v) is 48.1. The predicted octanol–water partition coefficient (Wildman–Crippen LogP) is 5.35. The first-order chi connectivity index (χ1) is 6.83. The molecule has 0 heterocycles. The summed E-state index contributed by atoms with van der Waals surface area (Å²) >= 11 is -3.04. The summed E-state index contributed by atoms with van der Waals surface area (Å²) in [5.74, 6) is 0. The molecule has 0 amide bonds.